The third kappa shape index (κ3) is 4.63. The number of guanidine groups is 1. The van der Waals surface area contributed by atoms with Crippen molar-refractivity contribution in [3.05, 3.63) is 59.2 Å². The number of primary amides is 1. The number of methoxy groups -OCH3 is 1. The van der Waals surface area contributed by atoms with Crippen molar-refractivity contribution in [2.75, 3.05) is 12.4 Å². The van der Waals surface area contributed by atoms with Gasteiger partial charge < -0.3 is 21.5 Å². The van der Waals surface area contributed by atoms with Crippen molar-refractivity contribution < 1.29 is 9.53 Å². The van der Waals surface area contributed by atoms with E-state index in [1.807, 2.05) is 36.4 Å². The number of carbonyl (C=O) groups excluding carboxylic acids is 1. The highest BCUT2D eigenvalue weighted by Gasteiger charge is 2.26. The van der Waals surface area contributed by atoms with Crippen molar-refractivity contribution in [2.45, 2.75) is 44.6 Å². The second kappa shape index (κ2) is 9.26. The number of ether oxygens (including phenoxy) is 1. The predicted molar refractivity (Wildman–Crippen MR) is 113 cm³/mol. The van der Waals surface area contributed by atoms with Crippen LogP contribution in [0, 0.1) is 0 Å². The summed E-state index contributed by atoms with van der Waals surface area (Å²) in [4.78, 5) is 16.3. The molecule has 1 saturated carbocycles. The molecule has 1 amide bonds. The van der Waals surface area contributed by atoms with Crippen LogP contribution in [0.25, 0.3) is 0 Å². The van der Waals surface area contributed by atoms with Gasteiger partial charge in [0.15, 0.2) is 5.96 Å². The Morgan fingerprint density at radius 3 is 2.46 bits per heavy atom. The number of hydrogen-bond donors (Lipinski definition) is 3. The molecule has 6 nitrogen and oxygen atoms in total. The third-order valence-corrected chi connectivity index (χ3v) is 5.22. The Bertz CT molecular complexity index is 843. The summed E-state index contributed by atoms with van der Waals surface area (Å²) in [7, 11) is 1.57. The molecule has 0 unspecified atom stereocenters. The van der Waals surface area contributed by atoms with Crippen LogP contribution in [0.4, 0.5) is 5.69 Å². The molecule has 3 rings (SSSR count). The summed E-state index contributed by atoms with van der Waals surface area (Å²) in [6, 6.07) is 13.5. The Morgan fingerprint density at radius 1 is 1.11 bits per heavy atom. The van der Waals surface area contributed by atoms with Gasteiger partial charge in [0.05, 0.1) is 19.2 Å². The van der Waals surface area contributed by atoms with Gasteiger partial charge in [-0.1, -0.05) is 49.6 Å². The summed E-state index contributed by atoms with van der Waals surface area (Å²) in [6.45, 7) is 0.495. The highest BCUT2D eigenvalue weighted by Crippen LogP contribution is 2.43. The topological polar surface area (TPSA) is 103 Å². The second-order valence-electron chi connectivity index (χ2n) is 7.12. The molecule has 2 aromatic carbocycles. The van der Waals surface area contributed by atoms with Crippen molar-refractivity contribution in [2.24, 2.45) is 16.5 Å². The first kappa shape index (κ1) is 19.7. The Balaban J connectivity index is 1.91. The molecule has 148 valence electrons. The number of nitrogens with zero attached hydrogens (tertiary/aromatic N) is 1. The molecule has 1 aliphatic carbocycles. The van der Waals surface area contributed by atoms with Crippen molar-refractivity contribution in [3.8, 4) is 5.75 Å². The summed E-state index contributed by atoms with van der Waals surface area (Å²) < 4.78 is 5.62. The Kier molecular flexibility index (Phi) is 6.53. The molecule has 28 heavy (non-hydrogen) atoms. The van der Waals surface area contributed by atoms with Gasteiger partial charge in [-0.25, -0.2) is 4.99 Å². The molecule has 1 fully saturated rings. The van der Waals surface area contributed by atoms with Crippen LogP contribution in [0.1, 0.15) is 59.5 Å². The van der Waals surface area contributed by atoms with Crippen molar-refractivity contribution >= 4 is 17.6 Å². The maximum atomic E-state index is 11.9. The van der Waals surface area contributed by atoms with Crippen LogP contribution in [0.15, 0.2) is 47.5 Å². The van der Waals surface area contributed by atoms with Crippen LogP contribution in [0.5, 0.6) is 5.75 Å². The molecule has 0 spiro atoms. The summed E-state index contributed by atoms with van der Waals surface area (Å²) in [6.07, 6.45) is 5.65. The number of aliphatic imine (C=N–C) groups is 1. The predicted octanol–water partition coefficient (Wildman–Crippen LogP) is 3.77. The highest BCUT2D eigenvalue weighted by molar-refractivity contribution is 5.99. The molecule has 6 heteroatoms. The average molecular weight is 380 g/mol. The van der Waals surface area contributed by atoms with Crippen molar-refractivity contribution in [3.63, 3.8) is 0 Å². The number of carbonyl (C=O) groups is 1. The van der Waals surface area contributed by atoms with Crippen LogP contribution in [0.2, 0.25) is 0 Å². The van der Waals surface area contributed by atoms with Gasteiger partial charge >= 0.3 is 0 Å². The number of anilines is 1. The number of rotatable bonds is 6. The molecule has 0 heterocycles. The fraction of sp³-hybridized carbons (Fsp3) is 0.364. The zero-order valence-corrected chi connectivity index (χ0v) is 16.3. The van der Waals surface area contributed by atoms with Gasteiger partial charge in [-0.2, -0.15) is 0 Å². The maximum absolute atomic E-state index is 11.9. The molecular formula is C22H28N4O2. The lowest BCUT2D eigenvalue weighted by atomic mass is 9.82. The summed E-state index contributed by atoms with van der Waals surface area (Å²) in [5.41, 5.74) is 15.0. The molecule has 2 aromatic rings. The Labute approximate surface area is 166 Å². The van der Waals surface area contributed by atoms with Crippen LogP contribution >= 0.6 is 0 Å². The van der Waals surface area contributed by atoms with E-state index < -0.39 is 5.91 Å². The minimum absolute atomic E-state index is 0.299. The normalized spacial score (nSPS) is 15.2. The zero-order chi connectivity index (χ0) is 19.9. The van der Waals surface area contributed by atoms with Crippen LogP contribution in [-0.2, 0) is 6.54 Å². The summed E-state index contributed by atoms with van der Waals surface area (Å²) >= 11 is 0. The van der Waals surface area contributed by atoms with Crippen molar-refractivity contribution in [1.29, 1.82) is 0 Å². The van der Waals surface area contributed by atoms with Gasteiger partial charge in [0.1, 0.15) is 5.75 Å². The standard InChI is InChI=1S/C22H28N4O2/c1-28-20-17(21(23)27)12-13-18(19(20)16-10-6-3-7-11-16)26-22(24)25-14-15-8-4-2-5-9-15/h2,4-5,8-9,12-13,16H,3,6-7,10-11,14H2,1H3,(H2,23,27)(H3,24,25,26). The van der Waals surface area contributed by atoms with Crippen LogP contribution < -0.4 is 21.5 Å². The molecule has 0 aliphatic heterocycles. The van der Waals surface area contributed by atoms with E-state index in [1.165, 1.54) is 6.42 Å². The molecule has 0 radical (unpaired) electrons. The summed E-state index contributed by atoms with van der Waals surface area (Å²) in [5.74, 6) is 0.675. The molecule has 0 atom stereocenters. The maximum Gasteiger partial charge on any atom is 0.252 e. The van der Waals surface area contributed by atoms with Crippen LogP contribution in [0.3, 0.4) is 0 Å². The number of nitrogens with two attached hydrogens (primary N) is 2. The zero-order valence-electron chi connectivity index (χ0n) is 16.3. The van der Waals surface area contributed by atoms with E-state index in [1.54, 1.807) is 13.2 Å². The Hall–Kier alpha value is -3.02. The van der Waals surface area contributed by atoms with E-state index in [4.69, 9.17) is 16.2 Å². The van der Waals surface area contributed by atoms with Gasteiger partial charge in [0.25, 0.3) is 5.91 Å². The highest BCUT2D eigenvalue weighted by atomic mass is 16.5. The second-order valence-corrected chi connectivity index (χ2v) is 7.12. The molecule has 5 N–H and O–H groups in total. The largest absolute Gasteiger partial charge is 0.496 e. The minimum atomic E-state index is -0.494. The van der Waals surface area contributed by atoms with Gasteiger partial charge in [0, 0.05) is 11.3 Å². The molecule has 1 aliphatic rings. The fourth-order valence-electron chi connectivity index (χ4n) is 3.86. The first-order chi connectivity index (χ1) is 13.6. The lowest BCUT2D eigenvalue weighted by Crippen LogP contribution is -2.25. The van der Waals surface area contributed by atoms with Crippen LogP contribution in [-0.4, -0.2) is 19.0 Å². The summed E-state index contributed by atoms with van der Waals surface area (Å²) in [5, 5.41) is 3.21. The first-order valence-electron chi connectivity index (χ1n) is 9.71. The molecule has 0 bridgehead atoms. The SMILES string of the molecule is COc1c(C(N)=O)ccc(NC(N)=NCc2ccccc2)c1C1CCCCC1. The van der Waals surface area contributed by atoms with Crippen molar-refractivity contribution in [1.82, 2.24) is 0 Å². The van der Waals surface area contributed by atoms with E-state index in [0.717, 1.165) is 42.5 Å². The first-order valence-corrected chi connectivity index (χ1v) is 9.71. The number of hydrogen-bond acceptors (Lipinski definition) is 3. The van der Waals surface area contributed by atoms with E-state index in [0.29, 0.717) is 29.7 Å². The van der Waals surface area contributed by atoms with Gasteiger partial charge in [-0.3, -0.25) is 4.79 Å². The Morgan fingerprint density at radius 2 is 1.82 bits per heavy atom. The molecule has 0 aromatic heterocycles. The quantitative estimate of drug-likeness (QED) is 0.524. The van der Waals surface area contributed by atoms with Gasteiger partial charge in [-0.15, -0.1) is 0 Å². The van der Waals surface area contributed by atoms with E-state index in [9.17, 15) is 4.79 Å². The smallest absolute Gasteiger partial charge is 0.252 e. The lowest BCUT2D eigenvalue weighted by molar-refractivity contribution is 0.0997. The lowest BCUT2D eigenvalue weighted by Gasteiger charge is -2.27. The number of benzene rings is 2. The fourth-order valence-corrected chi connectivity index (χ4v) is 3.86. The van der Waals surface area contributed by atoms with E-state index in [-0.39, 0.29) is 0 Å². The molecular weight excluding hydrogens is 352 g/mol. The van der Waals surface area contributed by atoms with Gasteiger partial charge in [0.2, 0.25) is 0 Å². The minimum Gasteiger partial charge on any atom is -0.496 e. The number of amides is 1. The van der Waals surface area contributed by atoms with Gasteiger partial charge in [-0.05, 0) is 36.5 Å². The monoisotopic (exact) mass is 380 g/mol. The third-order valence-electron chi connectivity index (χ3n) is 5.22. The molecule has 0 saturated heterocycles. The van der Waals surface area contributed by atoms with E-state index >= 15 is 0 Å². The van der Waals surface area contributed by atoms with E-state index in [2.05, 4.69) is 10.3 Å². The average Bonchev–Trinajstić information content (AvgIpc) is 2.73. The number of nitrogens with one attached hydrogen (secondary N) is 1.